The molecule has 0 saturated carbocycles. The zero-order valence-electron chi connectivity index (χ0n) is 18.6. The highest BCUT2D eigenvalue weighted by Crippen LogP contribution is 2.30. The zero-order valence-corrected chi connectivity index (χ0v) is 19.5. The van der Waals surface area contributed by atoms with Crippen molar-refractivity contribution in [3.63, 3.8) is 0 Å². The summed E-state index contributed by atoms with van der Waals surface area (Å²) >= 11 is 0. The van der Waals surface area contributed by atoms with E-state index >= 15 is 0 Å². The van der Waals surface area contributed by atoms with Gasteiger partial charge in [-0.25, -0.2) is 22.3 Å². The molecule has 186 valence electrons. The van der Waals surface area contributed by atoms with Crippen LogP contribution in [-0.2, 0) is 16.2 Å². The Morgan fingerprint density at radius 1 is 0.971 bits per heavy atom. The van der Waals surface area contributed by atoms with Gasteiger partial charge in [0.25, 0.3) is 0 Å². The Morgan fingerprint density at radius 3 is 2.26 bits per heavy atom. The van der Waals surface area contributed by atoms with Crippen LogP contribution < -0.4 is 14.9 Å². The summed E-state index contributed by atoms with van der Waals surface area (Å²) in [6.07, 6.45) is -4.54. The molecule has 0 unspecified atom stereocenters. The zero-order chi connectivity index (χ0) is 25.6. The second-order valence-electron chi connectivity index (χ2n) is 7.70. The maximum atomic E-state index is 13.4. The second-order valence-corrected chi connectivity index (χ2v) is 9.47. The Bertz CT molecular complexity index is 1260. The number of nitrogens with one attached hydrogen (secondary N) is 2. The lowest BCUT2D eigenvalue weighted by atomic mass is 10.2. The van der Waals surface area contributed by atoms with Crippen LogP contribution >= 0.6 is 0 Å². The van der Waals surface area contributed by atoms with Gasteiger partial charge in [-0.3, -0.25) is 4.90 Å². The number of nitrogens with zero attached hydrogens (tertiary/aromatic N) is 1. The van der Waals surface area contributed by atoms with Crippen LogP contribution in [0.4, 0.5) is 33.7 Å². The van der Waals surface area contributed by atoms with Gasteiger partial charge in [0, 0.05) is 24.5 Å². The van der Waals surface area contributed by atoms with E-state index in [1.54, 1.807) is 12.1 Å². The predicted octanol–water partition coefficient (Wildman–Crippen LogP) is 5.56. The summed E-state index contributed by atoms with van der Waals surface area (Å²) in [7, 11) is -4.20. The van der Waals surface area contributed by atoms with E-state index in [2.05, 4.69) is 10.0 Å². The highest BCUT2D eigenvalue weighted by molar-refractivity contribution is 7.89. The normalized spacial score (nSPS) is 11.8. The first-order chi connectivity index (χ1) is 16.5. The fourth-order valence-corrected chi connectivity index (χ4v) is 4.28. The number of hydrogen-bond donors (Lipinski definition) is 2. The lowest BCUT2D eigenvalue weighted by molar-refractivity contribution is -0.137. The van der Waals surface area contributed by atoms with E-state index in [0.717, 1.165) is 23.8 Å². The molecule has 2 N–H and O–H groups in total. The van der Waals surface area contributed by atoms with Crippen LogP contribution in [-0.4, -0.2) is 27.5 Å². The molecular formula is C24H23F4N3O3S. The summed E-state index contributed by atoms with van der Waals surface area (Å²) in [4.78, 5) is 13.7. The number of amides is 2. The minimum absolute atomic E-state index is 0.0500. The third-order valence-corrected chi connectivity index (χ3v) is 6.47. The molecule has 0 spiro atoms. The topological polar surface area (TPSA) is 78.5 Å². The van der Waals surface area contributed by atoms with Gasteiger partial charge in [-0.05, 0) is 67.9 Å². The van der Waals surface area contributed by atoms with Gasteiger partial charge >= 0.3 is 12.2 Å². The largest absolute Gasteiger partial charge is 0.416 e. The van der Waals surface area contributed by atoms with Gasteiger partial charge in [0.1, 0.15) is 5.82 Å². The fourth-order valence-electron chi connectivity index (χ4n) is 3.16. The average Bonchev–Trinajstić information content (AvgIpc) is 2.81. The molecule has 3 aromatic carbocycles. The summed E-state index contributed by atoms with van der Waals surface area (Å²) in [5.74, 6) is -0.485. The van der Waals surface area contributed by atoms with E-state index < -0.39 is 38.5 Å². The fraction of sp³-hybridized carbons (Fsp3) is 0.208. The maximum absolute atomic E-state index is 13.4. The number of carbonyl (C=O) groups excluding carboxylic acids is 1. The Kier molecular flexibility index (Phi) is 8.13. The summed E-state index contributed by atoms with van der Waals surface area (Å²) in [5, 5.41) is 2.73. The van der Waals surface area contributed by atoms with Crippen molar-refractivity contribution in [2.75, 3.05) is 23.3 Å². The molecular weight excluding hydrogens is 486 g/mol. The van der Waals surface area contributed by atoms with Gasteiger partial charge in [-0.15, -0.1) is 0 Å². The van der Waals surface area contributed by atoms with Crippen molar-refractivity contribution in [3.8, 4) is 0 Å². The van der Waals surface area contributed by atoms with E-state index in [4.69, 9.17) is 0 Å². The molecule has 0 fully saturated rings. The van der Waals surface area contributed by atoms with Gasteiger partial charge in [0.2, 0.25) is 10.0 Å². The molecule has 11 heteroatoms. The Hall–Kier alpha value is -3.44. The summed E-state index contributed by atoms with van der Waals surface area (Å²) in [6, 6.07) is 15.2. The minimum Gasteiger partial charge on any atom is -0.308 e. The van der Waals surface area contributed by atoms with E-state index in [1.165, 1.54) is 29.2 Å². The van der Waals surface area contributed by atoms with Crippen LogP contribution in [0.1, 0.15) is 17.5 Å². The lowest BCUT2D eigenvalue weighted by Gasteiger charge is -2.23. The number of rotatable bonds is 8. The van der Waals surface area contributed by atoms with Gasteiger partial charge < -0.3 is 5.32 Å². The highest BCUT2D eigenvalue weighted by Gasteiger charge is 2.31. The van der Waals surface area contributed by atoms with Crippen LogP contribution in [0.25, 0.3) is 0 Å². The molecule has 2 amide bonds. The van der Waals surface area contributed by atoms with Crippen molar-refractivity contribution in [2.45, 2.75) is 24.4 Å². The predicted molar refractivity (Wildman–Crippen MR) is 125 cm³/mol. The molecule has 0 heterocycles. The third-order valence-electron chi connectivity index (χ3n) is 5.01. The first-order valence-corrected chi connectivity index (χ1v) is 12.0. The maximum Gasteiger partial charge on any atom is 0.416 e. The van der Waals surface area contributed by atoms with E-state index in [9.17, 15) is 30.8 Å². The van der Waals surface area contributed by atoms with E-state index in [0.29, 0.717) is 17.4 Å². The number of alkyl halides is 3. The van der Waals surface area contributed by atoms with Gasteiger partial charge in [0.15, 0.2) is 0 Å². The number of urea groups is 1. The Morgan fingerprint density at radius 2 is 1.63 bits per heavy atom. The number of halogens is 4. The molecule has 35 heavy (non-hydrogen) atoms. The first-order valence-electron chi connectivity index (χ1n) is 10.5. The first kappa shape index (κ1) is 26.2. The van der Waals surface area contributed by atoms with Crippen molar-refractivity contribution in [2.24, 2.45) is 0 Å². The van der Waals surface area contributed by atoms with Crippen molar-refractivity contribution in [1.29, 1.82) is 0 Å². The quantitative estimate of drug-likeness (QED) is 0.308. The monoisotopic (exact) mass is 509 g/mol. The van der Waals surface area contributed by atoms with Crippen molar-refractivity contribution >= 4 is 27.4 Å². The molecule has 3 rings (SSSR count). The average molecular weight is 510 g/mol. The SMILES string of the molecule is Cc1ccc(NC(=O)N(CCCNS(=O)(=O)c2cccc(C(F)(F)F)c2)c2ccc(F)cc2)cc1. The van der Waals surface area contributed by atoms with Crippen LogP contribution in [0.5, 0.6) is 0 Å². The summed E-state index contributed by atoms with van der Waals surface area (Å²) in [6.45, 7) is 1.80. The molecule has 0 atom stereocenters. The van der Waals surface area contributed by atoms with Crippen LogP contribution in [0.3, 0.4) is 0 Å². The van der Waals surface area contributed by atoms with Crippen LogP contribution in [0, 0.1) is 12.7 Å². The second kappa shape index (κ2) is 10.9. The van der Waals surface area contributed by atoms with Crippen LogP contribution in [0.2, 0.25) is 0 Å². The molecule has 6 nitrogen and oxygen atoms in total. The third kappa shape index (κ3) is 7.27. The number of carbonyl (C=O) groups is 1. The minimum atomic E-state index is -4.67. The number of sulfonamides is 1. The Labute approximate surface area is 200 Å². The number of aryl methyl sites for hydroxylation is 1. The number of hydrogen-bond acceptors (Lipinski definition) is 3. The molecule has 0 aliphatic heterocycles. The van der Waals surface area contributed by atoms with Crippen molar-refractivity contribution in [1.82, 2.24) is 4.72 Å². The van der Waals surface area contributed by atoms with Gasteiger partial charge in [-0.1, -0.05) is 23.8 Å². The van der Waals surface area contributed by atoms with E-state index in [1.807, 2.05) is 19.1 Å². The van der Waals surface area contributed by atoms with Crippen molar-refractivity contribution < 1.29 is 30.8 Å². The standard InChI is InChI=1S/C24H23F4N3O3S/c1-17-6-10-20(11-7-17)30-23(32)31(21-12-8-19(25)9-13-21)15-3-14-29-35(33,34)22-5-2-4-18(16-22)24(26,27)28/h2,4-13,16,29H,3,14-15H2,1H3,(H,30,32). The molecule has 0 aliphatic carbocycles. The van der Waals surface area contributed by atoms with E-state index in [-0.39, 0.29) is 19.5 Å². The Balaban J connectivity index is 1.67. The summed E-state index contributed by atoms with van der Waals surface area (Å²) in [5.41, 5.74) is 0.858. The summed E-state index contributed by atoms with van der Waals surface area (Å²) < 4.78 is 79.2. The lowest BCUT2D eigenvalue weighted by Crippen LogP contribution is -2.37. The van der Waals surface area contributed by atoms with Gasteiger partial charge in [-0.2, -0.15) is 13.2 Å². The molecule has 0 saturated heterocycles. The molecule has 0 bridgehead atoms. The van der Waals surface area contributed by atoms with Crippen molar-refractivity contribution in [3.05, 3.63) is 89.7 Å². The highest BCUT2D eigenvalue weighted by atomic mass is 32.2. The number of anilines is 2. The molecule has 0 aliphatic rings. The van der Waals surface area contributed by atoms with Crippen LogP contribution in [0.15, 0.2) is 77.7 Å². The van der Waals surface area contributed by atoms with Gasteiger partial charge in [0.05, 0.1) is 10.5 Å². The molecule has 0 radical (unpaired) electrons. The number of benzene rings is 3. The molecule has 3 aromatic rings. The molecule has 0 aromatic heterocycles. The smallest absolute Gasteiger partial charge is 0.308 e.